The van der Waals surface area contributed by atoms with Gasteiger partial charge in [0, 0.05) is 31.8 Å². The third kappa shape index (κ3) is 4.57. The van der Waals surface area contributed by atoms with Crippen molar-refractivity contribution in [2.45, 2.75) is 64.6 Å². The molecule has 0 amide bonds. The van der Waals surface area contributed by atoms with Crippen LogP contribution in [-0.2, 0) is 4.74 Å². The summed E-state index contributed by atoms with van der Waals surface area (Å²) in [6, 6.07) is 2.01. The highest BCUT2D eigenvalue weighted by Gasteiger charge is 2.29. The Balaban J connectivity index is 2.47. The van der Waals surface area contributed by atoms with Crippen LogP contribution >= 0.6 is 0 Å². The summed E-state index contributed by atoms with van der Waals surface area (Å²) in [5.74, 6) is 0. The summed E-state index contributed by atoms with van der Waals surface area (Å²) >= 11 is 0. The van der Waals surface area contributed by atoms with E-state index in [0.717, 1.165) is 19.2 Å². The number of rotatable bonds is 7. The molecule has 1 aliphatic rings. The first-order valence-corrected chi connectivity index (χ1v) is 7.20. The molecule has 0 bridgehead atoms. The average Bonchev–Trinajstić information content (AvgIpc) is 2.29. The zero-order chi connectivity index (χ0) is 12.7. The number of nitrogens with zero attached hydrogens (tertiary/aromatic N) is 1. The number of piperidine rings is 1. The van der Waals surface area contributed by atoms with E-state index in [9.17, 15) is 0 Å². The van der Waals surface area contributed by atoms with Crippen molar-refractivity contribution in [3.05, 3.63) is 0 Å². The zero-order valence-corrected chi connectivity index (χ0v) is 12.0. The summed E-state index contributed by atoms with van der Waals surface area (Å²) < 4.78 is 5.38. The number of ether oxygens (including phenoxy) is 1. The van der Waals surface area contributed by atoms with Crippen molar-refractivity contribution >= 4 is 0 Å². The Bertz CT molecular complexity index is 193. The first kappa shape index (κ1) is 14.9. The normalized spacial score (nSPS) is 28.2. The third-order valence-electron chi connectivity index (χ3n) is 3.87. The van der Waals surface area contributed by atoms with E-state index in [-0.39, 0.29) is 0 Å². The van der Waals surface area contributed by atoms with E-state index in [4.69, 9.17) is 4.74 Å². The molecule has 1 aliphatic heterocycles. The van der Waals surface area contributed by atoms with E-state index in [2.05, 4.69) is 31.0 Å². The van der Waals surface area contributed by atoms with Crippen molar-refractivity contribution in [1.82, 2.24) is 10.2 Å². The van der Waals surface area contributed by atoms with Gasteiger partial charge in [-0.2, -0.15) is 0 Å². The van der Waals surface area contributed by atoms with Crippen LogP contribution in [0.5, 0.6) is 0 Å². The van der Waals surface area contributed by atoms with Crippen molar-refractivity contribution in [3.8, 4) is 0 Å². The molecule has 1 heterocycles. The van der Waals surface area contributed by atoms with Gasteiger partial charge in [-0.25, -0.2) is 0 Å². The van der Waals surface area contributed by atoms with Crippen LogP contribution in [0.2, 0.25) is 0 Å². The number of hydrogen-bond acceptors (Lipinski definition) is 3. The molecule has 0 spiro atoms. The monoisotopic (exact) mass is 242 g/mol. The molecule has 3 nitrogen and oxygen atoms in total. The van der Waals surface area contributed by atoms with Gasteiger partial charge in [0.1, 0.15) is 0 Å². The number of hydrogen-bond donors (Lipinski definition) is 1. The lowest BCUT2D eigenvalue weighted by molar-refractivity contribution is 0.0336. The number of likely N-dealkylation sites (tertiary alicyclic amines) is 1. The van der Waals surface area contributed by atoms with Crippen molar-refractivity contribution in [2.75, 3.05) is 26.8 Å². The minimum absolute atomic E-state index is 0.613. The van der Waals surface area contributed by atoms with Gasteiger partial charge in [-0.3, -0.25) is 4.90 Å². The molecule has 0 aliphatic carbocycles. The lowest BCUT2D eigenvalue weighted by Crippen LogP contribution is -2.52. The Hall–Kier alpha value is -0.120. The molecule has 3 heteroatoms. The van der Waals surface area contributed by atoms with Crippen LogP contribution in [-0.4, -0.2) is 49.8 Å². The van der Waals surface area contributed by atoms with Gasteiger partial charge in [-0.05, 0) is 32.7 Å². The van der Waals surface area contributed by atoms with Gasteiger partial charge >= 0.3 is 0 Å². The van der Waals surface area contributed by atoms with E-state index in [0.29, 0.717) is 12.1 Å². The molecule has 17 heavy (non-hydrogen) atoms. The fourth-order valence-electron chi connectivity index (χ4n) is 3.08. The minimum Gasteiger partial charge on any atom is -0.383 e. The Morgan fingerprint density at radius 2 is 2.18 bits per heavy atom. The largest absolute Gasteiger partial charge is 0.383 e. The van der Waals surface area contributed by atoms with Crippen LogP contribution in [0.15, 0.2) is 0 Å². The standard InChI is InChI=1S/C14H30N2O/c1-5-7-14(11-17-4)16-9-8-13(15-6-2)10-12(16)3/h12-15H,5-11H2,1-4H3. The molecule has 3 unspecified atom stereocenters. The van der Waals surface area contributed by atoms with Gasteiger partial charge in [0.25, 0.3) is 0 Å². The summed E-state index contributed by atoms with van der Waals surface area (Å²) in [7, 11) is 1.82. The molecule has 1 saturated heterocycles. The molecular formula is C14H30N2O. The van der Waals surface area contributed by atoms with Gasteiger partial charge < -0.3 is 10.1 Å². The third-order valence-corrected chi connectivity index (χ3v) is 3.87. The number of methoxy groups -OCH3 is 1. The number of nitrogens with one attached hydrogen (secondary N) is 1. The first-order chi connectivity index (χ1) is 8.22. The van der Waals surface area contributed by atoms with Crippen LogP contribution < -0.4 is 5.32 Å². The van der Waals surface area contributed by atoms with Crippen LogP contribution in [0.1, 0.15) is 46.5 Å². The molecule has 0 aromatic rings. The molecular weight excluding hydrogens is 212 g/mol. The van der Waals surface area contributed by atoms with Crippen LogP contribution in [0.25, 0.3) is 0 Å². The Morgan fingerprint density at radius 1 is 1.41 bits per heavy atom. The second kappa shape index (κ2) is 8.06. The maximum absolute atomic E-state index is 5.38. The maximum Gasteiger partial charge on any atom is 0.0618 e. The topological polar surface area (TPSA) is 24.5 Å². The van der Waals surface area contributed by atoms with Gasteiger partial charge in [0.05, 0.1) is 6.61 Å². The molecule has 1 fully saturated rings. The summed E-state index contributed by atoms with van der Waals surface area (Å²) in [5.41, 5.74) is 0. The predicted molar refractivity (Wildman–Crippen MR) is 73.4 cm³/mol. The molecule has 102 valence electrons. The minimum atomic E-state index is 0.613. The highest BCUT2D eigenvalue weighted by molar-refractivity contribution is 4.86. The van der Waals surface area contributed by atoms with Gasteiger partial charge in [-0.15, -0.1) is 0 Å². The fraction of sp³-hybridized carbons (Fsp3) is 1.00. The molecule has 1 N–H and O–H groups in total. The van der Waals surface area contributed by atoms with Crippen LogP contribution in [0, 0.1) is 0 Å². The second-order valence-electron chi connectivity index (χ2n) is 5.26. The zero-order valence-electron chi connectivity index (χ0n) is 12.0. The predicted octanol–water partition coefficient (Wildman–Crippen LogP) is 2.26. The molecule has 0 saturated carbocycles. The van der Waals surface area contributed by atoms with Gasteiger partial charge in [-0.1, -0.05) is 20.3 Å². The van der Waals surface area contributed by atoms with Crippen LogP contribution in [0.3, 0.4) is 0 Å². The van der Waals surface area contributed by atoms with E-state index in [1.165, 1.54) is 32.2 Å². The van der Waals surface area contributed by atoms with Gasteiger partial charge in [0.15, 0.2) is 0 Å². The van der Waals surface area contributed by atoms with Crippen LogP contribution in [0.4, 0.5) is 0 Å². The second-order valence-corrected chi connectivity index (χ2v) is 5.26. The molecule has 1 rings (SSSR count). The van der Waals surface area contributed by atoms with E-state index >= 15 is 0 Å². The van der Waals surface area contributed by atoms with Crippen molar-refractivity contribution < 1.29 is 4.74 Å². The van der Waals surface area contributed by atoms with E-state index < -0.39 is 0 Å². The Kier molecular flexibility index (Phi) is 7.09. The molecule has 0 radical (unpaired) electrons. The average molecular weight is 242 g/mol. The lowest BCUT2D eigenvalue weighted by atomic mass is 9.95. The summed E-state index contributed by atoms with van der Waals surface area (Å²) in [6.07, 6.45) is 5.05. The van der Waals surface area contributed by atoms with Crippen molar-refractivity contribution in [1.29, 1.82) is 0 Å². The maximum atomic E-state index is 5.38. The Morgan fingerprint density at radius 3 is 2.71 bits per heavy atom. The molecule has 0 aromatic heterocycles. The van der Waals surface area contributed by atoms with E-state index in [1.54, 1.807) is 0 Å². The summed E-state index contributed by atoms with van der Waals surface area (Å²) in [5, 5.41) is 3.58. The fourth-order valence-corrected chi connectivity index (χ4v) is 3.08. The first-order valence-electron chi connectivity index (χ1n) is 7.20. The highest BCUT2D eigenvalue weighted by atomic mass is 16.5. The molecule has 0 aromatic carbocycles. The van der Waals surface area contributed by atoms with Crippen molar-refractivity contribution in [3.63, 3.8) is 0 Å². The SMILES string of the molecule is CCCC(COC)N1CCC(NCC)CC1C. The Labute approximate surface area is 107 Å². The highest BCUT2D eigenvalue weighted by Crippen LogP contribution is 2.22. The summed E-state index contributed by atoms with van der Waals surface area (Å²) in [4.78, 5) is 2.65. The smallest absolute Gasteiger partial charge is 0.0618 e. The van der Waals surface area contributed by atoms with Gasteiger partial charge in [0.2, 0.25) is 0 Å². The lowest BCUT2D eigenvalue weighted by Gasteiger charge is -2.42. The molecule has 3 atom stereocenters. The van der Waals surface area contributed by atoms with Crippen molar-refractivity contribution in [2.24, 2.45) is 0 Å². The quantitative estimate of drug-likeness (QED) is 0.741. The summed E-state index contributed by atoms with van der Waals surface area (Å²) in [6.45, 7) is 10.0. The van der Waals surface area contributed by atoms with E-state index in [1.807, 2.05) is 7.11 Å².